The van der Waals surface area contributed by atoms with Crippen LogP contribution in [0.25, 0.3) is 77.9 Å². The van der Waals surface area contributed by atoms with E-state index in [0.717, 1.165) is 61.6 Å². The molecule has 0 N–H and O–H groups in total. The van der Waals surface area contributed by atoms with Gasteiger partial charge < -0.3 is 9.32 Å². The van der Waals surface area contributed by atoms with Gasteiger partial charge in [0, 0.05) is 33.6 Å². The fourth-order valence-corrected chi connectivity index (χ4v) is 8.06. The zero-order chi connectivity index (χ0) is 38.7. The summed E-state index contributed by atoms with van der Waals surface area (Å²) in [5.41, 5.74) is 17.0. The highest BCUT2D eigenvalue weighted by atomic mass is 16.3. The molecule has 0 radical (unpaired) electrons. The van der Waals surface area contributed by atoms with E-state index < -0.39 is 0 Å². The highest BCUT2D eigenvalue weighted by Gasteiger charge is 2.18. The first-order valence-electron chi connectivity index (χ1n) is 19.8. The third-order valence-electron chi connectivity index (χ3n) is 10.9. The first kappa shape index (κ1) is 34.8. The first-order chi connectivity index (χ1) is 28.8. The Labute approximate surface area is 339 Å². The monoisotopic (exact) mass is 741 g/mol. The summed E-state index contributed by atoms with van der Waals surface area (Å²) < 4.78 is 6.53. The first-order valence-corrected chi connectivity index (χ1v) is 19.8. The number of furan rings is 1. The minimum atomic E-state index is 0.889. The summed E-state index contributed by atoms with van der Waals surface area (Å²) in [4.78, 5) is 2.32. The topological polar surface area (TPSA) is 16.4 Å². The Bertz CT molecular complexity index is 2950. The number of fused-ring (bicyclic) bond motifs is 1. The standard InChI is InChI=1S/C56H39NO/c1-4-15-43(16-5-1)51-23-10-11-24-52(51)44-33-37-50(38-34-44)57(48-21-8-3-9-22-48)49-35-31-41(32-36-49)40-27-29-42(30-28-40)46-19-14-20-47(39-46)56-55(45-17-6-2-7-18-45)53-25-12-13-26-54(53)58-56/h1-39H. The molecule has 0 saturated carbocycles. The number of benzene rings is 9. The minimum absolute atomic E-state index is 0.889. The summed E-state index contributed by atoms with van der Waals surface area (Å²) >= 11 is 0. The van der Waals surface area contributed by atoms with E-state index in [1.165, 1.54) is 33.4 Å². The average Bonchev–Trinajstić information content (AvgIpc) is 3.71. The SMILES string of the molecule is c1ccc(-c2ccccc2-c2ccc(N(c3ccccc3)c3ccc(-c4ccc(-c5cccc(-c6oc7ccccc7c6-c6ccccc6)c5)cc4)cc3)cc2)cc1. The fourth-order valence-electron chi connectivity index (χ4n) is 8.06. The molecule has 10 aromatic rings. The van der Waals surface area contributed by atoms with Crippen LogP contribution in [-0.2, 0) is 0 Å². The summed E-state index contributed by atoms with van der Waals surface area (Å²) in [6.07, 6.45) is 0. The van der Waals surface area contributed by atoms with Crippen LogP contribution in [0.4, 0.5) is 17.1 Å². The van der Waals surface area contributed by atoms with Crippen molar-refractivity contribution >= 4 is 28.0 Å². The van der Waals surface area contributed by atoms with Crippen LogP contribution in [0.15, 0.2) is 241 Å². The molecule has 1 aromatic heterocycles. The molecule has 0 aliphatic heterocycles. The van der Waals surface area contributed by atoms with Crippen molar-refractivity contribution in [3.8, 4) is 67.0 Å². The Hall–Kier alpha value is -7.68. The molecule has 10 rings (SSSR count). The van der Waals surface area contributed by atoms with Crippen LogP contribution in [0.2, 0.25) is 0 Å². The Morgan fingerprint density at radius 1 is 0.276 bits per heavy atom. The van der Waals surface area contributed by atoms with Crippen molar-refractivity contribution in [3.63, 3.8) is 0 Å². The summed E-state index contributed by atoms with van der Waals surface area (Å²) in [5, 5.41) is 1.12. The summed E-state index contributed by atoms with van der Waals surface area (Å²) in [5.74, 6) is 0.889. The van der Waals surface area contributed by atoms with Crippen molar-refractivity contribution in [1.29, 1.82) is 0 Å². The van der Waals surface area contributed by atoms with Crippen molar-refractivity contribution < 1.29 is 4.42 Å². The number of nitrogens with zero attached hydrogens (tertiary/aromatic N) is 1. The number of para-hydroxylation sites is 2. The molecule has 1 heterocycles. The predicted molar refractivity (Wildman–Crippen MR) is 244 cm³/mol. The highest BCUT2D eigenvalue weighted by Crippen LogP contribution is 2.42. The normalized spacial score (nSPS) is 11.1. The van der Waals surface area contributed by atoms with Gasteiger partial charge in [-0.3, -0.25) is 0 Å². The molecule has 2 heteroatoms. The van der Waals surface area contributed by atoms with Crippen molar-refractivity contribution in [2.24, 2.45) is 0 Å². The quantitative estimate of drug-likeness (QED) is 0.146. The lowest BCUT2D eigenvalue weighted by Crippen LogP contribution is -2.09. The van der Waals surface area contributed by atoms with Gasteiger partial charge in [0.15, 0.2) is 0 Å². The van der Waals surface area contributed by atoms with Gasteiger partial charge in [-0.25, -0.2) is 0 Å². The van der Waals surface area contributed by atoms with Gasteiger partial charge in [-0.1, -0.05) is 188 Å². The Morgan fingerprint density at radius 2 is 0.690 bits per heavy atom. The van der Waals surface area contributed by atoms with Gasteiger partial charge >= 0.3 is 0 Å². The van der Waals surface area contributed by atoms with E-state index in [9.17, 15) is 0 Å². The van der Waals surface area contributed by atoms with Crippen LogP contribution >= 0.6 is 0 Å². The average molecular weight is 742 g/mol. The lowest BCUT2D eigenvalue weighted by atomic mass is 9.94. The van der Waals surface area contributed by atoms with Gasteiger partial charge in [0.2, 0.25) is 0 Å². The minimum Gasteiger partial charge on any atom is -0.455 e. The van der Waals surface area contributed by atoms with Crippen molar-refractivity contribution in [2.45, 2.75) is 0 Å². The van der Waals surface area contributed by atoms with Crippen LogP contribution in [0.3, 0.4) is 0 Å². The molecule has 0 bridgehead atoms. The molecule has 0 fully saturated rings. The van der Waals surface area contributed by atoms with Gasteiger partial charge in [-0.15, -0.1) is 0 Å². The zero-order valence-corrected chi connectivity index (χ0v) is 31.9. The van der Waals surface area contributed by atoms with E-state index in [-0.39, 0.29) is 0 Å². The summed E-state index contributed by atoms with van der Waals surface area (Å²) in [6, 6.07) is 84.0. The van der Waals surface area contributed by atoms with E-state index in [4.69, 9.17) is 4.42 Å². The number of hydrogen-bond donors (Lipinski definition) is 0. The number of rotatable bonds is 9. The summed E-state index contributed by atoms with van der Waals surface area (Å²) in [6.45, 7) is 0. The van der Waals surface area contributed by atoms with E-state index >= 15 is 0 Å². The lowest BCUT2D eigenvalue weighted by Gasteiger charge is -2.26. The third-order valence-corrected chi connectivity index (χ3v) is 10.9. The van der Waals surface area contributed by atoms with Gasteiger partial charge in [-0.2, -0.15) is 0 Å². The molecule has 0 aliphatic rings. The largest absolute Gasteiger partial charge is 0.455 e. The van der Waals surface area contributed by atoms with Crippen LogP contribution in [-0.4, -0.2) is 0 Å². The maximum atomic E-state index is 6.53. The molecule has 2 nitrogen and oxygen atoms in total. The lowest BCUT2D eigenvalue weighted by molar-refractivity contribution is 0.632. The number of anilines is 3. The third kappa shape index (κ3) is 6.78. The molecule has 274 valence electrons. The second kappa shape index (κ2) is 15.5. The second-order valence-electron chi connectivity index (χ2n) is 14.5. The molecule has 0 saturated heterocycles. The molecule has 0 atom stereocenters. The van der Waals surface area contributed by atoms with Crippen molar-refractivity contribution in [2.75, 3.05) is 4.90 Å². The van der Waals surface area contributed by atoms with Crippen LogP contribution in [0.5, 0.6) is 0 Å². The zero-order valence-electron chi connectivity index (χ0n) is 31.9. The van der Waals surface area contributed by atoms with Gasteiger partial charge in [0.05, 0.1) is 0 Å². The van der Waals surface area contributed by atoms with E-state index in [1.807, 2.05) is 12.1 Å². The Morgan fingerprint density at radius 3 is 1.31 bits per heavy atom. The van der Waals surface area contributed by atoms with Gasteiger partial charge in [0.25, 0.3) is 0 Å². The fraction of sp³-hybridized carbons (Fsp3) is 0. The van der Waals surface area contributed by atoms with Gasteiger partial charge in [-0.05, 0) is 98.6 Å². The maximum absolute atomic E-state index is 6.53. The Balaban J connectivity index is 0.927. The van der Waals surface area contributed by atoms with Crippen LogP contribution in [0, 0.1) is 0 Å². The smallest absolute Gasteiger partial charge is 0.143 e. The maximum Gasteiger partial charge on any atom is 0.143 e. The summed E-state index contributed by atoms with van der Waals surface area (Å²) in [7, 11) is 0. The molecular weight excluding hydrogens is 703 g/mol. The van der Waals surface area contributed by atoms with E-state index in [0.29, 0.717) is 0 Å². The molecule has 0 spiro atoms. The molecule has 0 amide bonds. The van der Waals surface area contributed by atoms with E-state index in [1.54, 1.807) is 0 Å². The molecule has 0 aliphatic carbocycles. The van der Waals surface area contributed by atoms with Crippen molar-refractivity contribution in [3.05, 3.63) is 237 Å². The predicted octanol–water partition coefficient (Wildman–Crippen LogP) is 15.9. The highest BCUT2D eigenvalue weighted by molar-refractivity contribution is 6.02. The molecular formula is C56H39NO. The Kier molecular flexibility index (Phi) is 9.27. The van der Waals surface area contributed by atoms with Crippen LogP contribution in [0.1, 0.15) is 0 Å². The van der Waals surface area contributed by atoms with Crippen LogP contribution < -0.4 is 4.90 Å². The molecule has 9 aromatic carbocycles. The van der Waals surface area contributed by atoms with Crippen molar-refractivity contribution in [1.82, 2.24) is 0 Å². The number of hydrogen-bond acceptors (Lipinski definition) is 2. The second-order valence-corrected chi connectivity index (χ2v) is 14.5. The van der Waals surface area contributed by atoms with Gasteiger partial charge in [0.1, 0.15) is 11.3 Å². The molecule has 58 heavy (non-hydrogen) atoms. The van der Waals surface area contributed by atoms with E-state index in [2.05, 4.69) is 229 Å². The molecule has 0 unspecified atom stereocenters.